The highest BCUT2D eigenvalue weighted by Gasteiger charge is 2.10. The molecule has 0 amide bonds. The largest absolute Gasteiger partial charge is 0.384 e. The predicted molar refractivity (Wildman–Crippen MR) is 54.6 cm³/mol. The number of sulfone groups is 1. The zero-order valence-electron chi connectivity index (χ0n) is 8.06. The predicted octanol–water partition coefficient (Wildman–Crippen LogP) is 1.05. The van der Waals surface area contributed by atoms with Crippen LogP contribution in [0.1, 0.15) is 5.56 Å². The van der Waals surface area contributed by atoms with E-state index >= 15 is 0 Å². The van der Waals surface area contributed by atoms with Gasteiger partial charge >= 0.3 is 0 Å². The van der Waals surface area contributed by atoms with Gasteiger partial charge in [0.05, 0.1) is 18.1 Å². The molecule has 0 N–H and O–H groups in total. The van der Waals surface area contributed by atoms with E-state index in [1.165, 1.54) is 7.11 Å². The smallest absolute Gasteiger partial charge is 0.156 e. The van der Waals surface area contributed by atoms with Crippen molar-refractivity contribution in [1.82, 2.24) is 0 Å². The maximum Gasteiger partial charge on any atom is 0.156 e. The molecular formula is C10H13O3S. The Kier molecular flexibility index (Phi) is 4.10. The monoisotopic (exact) mass is 213 g/mol. The summed E-state index contributed by atoms with van der Waals surface area (Å²) in [5.74, 6) is 0.146. The van der Waals surface area contributed by atoms with E-state index in [0.29, 0.717) is 0 Å². The Bertz CT molecular complexity index is 356. The second-order valence-electron chi connectivity index (χ2n) is 2.99. The fourth-order valence-corrected chi connectivity index (χ4v) is 2.32. The van der Waals surface area contributed by atoms with Gasteiger partial charge in [-0.2, -0.15) is 0 Å². The molecule has 0 spiro atoms. The van der Waals surface area contributed by atoms with Gasteiger partial charge in [-0.15, -0.1) is 0 Å². The molecule has 1 aromatic carbocycles. The molecule has 0 bridgehead atoms. The topological polar surface area (TPSA) is 43.4 Å². The van der Waals surface area contributed by atoms with Crippen LogP contribution in [0.2, 0.25) is 0 Å². The van der Waals surface area contributed by atoms with Crippen molar-refractivity contribution >= 4 is 9.84 Å². The maximum absolute atomic E-state index is 11.5. The van der Waals surface area contributed by atoms with Gasteiger partial charge in [-0.3, -0.25) is 0 Å². The summed E-state index contributed by atoms with van der Waals surface area (Å²) >= 11 is 0. The first-order chi connectivity index (χ1) is 6.64. The molecule has 0 saturated heterocycles. The lowest BCUT2D eigenvalue weighted by Gasteiger charge is -2.03. The molecule has 3 nitrogen and oxygen atoms in total. The third-order valence-electron chi connectivity index (χ3n) is 1.77. The zero-order chi connectivity index (χ0) is 10.4. The molecule has 1 radical (unpaired) electrons. The average Bonchev–Trinajstić information content (AvgIpc) is 2.16. The minimum atomic E-state index is -3.04. The highest BCUT2D eigenvalue weighted by Crippen LogP contribution is 2.05. The van der Waals surface area contributed by atoms with Crippen LogP contribution in [-0.2, 0) is 20.3 Å². The first kappa shape index (κ1) is 11.2. The average molecular weight is 213 g/mol. The summed E-state index contributed by atoms with van der Waals surface area (Å²) in [6.07, 6.45) is 0. The molecule has 0 aliphatic rings. The van der Waals surface area contributed by atoms with E-state index in [9.17, 15) is 8.42 Å². The number of benzene rings is 1. The fraction of sp³-hybridized carbons (Fsp3) is 0.400. The molecule has 1 rings (SSSR count). The molecule has 0 atom stereocenters. The van der Waals surface area contributed by atoms with Crippen LogP contribution < -0.4 is 0 Å². The Morgan fingerprint density at radius 2 is 2.00 bits per heavy atom. The van der Waals surface area contributed by atoms with Crippen molar-refractivity contribution in [2.45, 2.75) is 5.75 Å². The van der Waals surface area contributed by atoms with Crippen molar-refractivity contribution in [3.8, 4) is 0 Å². The summed E-state index contributed by atoms with van der Waals surface area (Å²) in [5, 5.41) is 0. The summed E-state index contributed by atoms with van der Waals surface area (Å²) in [4.78, 5) is 0. The van der Waals surface area contributed by atoms with Gasteiger partial charge in [0.2, 0.25) is 0 Å². The lowest BCUT2D eigenvalue weighted by Crippen LogP contribution is -2.13. The first-order valence-electron chi connectivity index (χ1n) is 4.28. The van der Waals surface area contributed by atoms with Crippen LogP contribution in [0, 0.1) is 6.07 Å². The van der Waals surface area contributed by atoms with Crippen LogP contribution in [0.4, 0.5) is 0 Å². The summed E-state index contributed by atoms with van der Waals surface area (Å²) < 4.78 is 27.7. The molecule has 4 heteroatoms. The summed E-state index contributed by atoms with van der Waals surface area (Å²) in [5.41, 5.74) is 0.792. The Morgan fingerprint density at radius 3 is 2.57 bits per heavy atom. The van der Waals surface area contributed by atoms with Crippen LogP contribution in [0.25, 0.3) is 0 Å². The highest BCUT2D eigenvalue weighted by molar-refractivity contribution is 7.90. The lowest BCUT2D eigenvalue weighted by atomic mass is 10.2. The van der Waals surface area contributed by atoms with Crippen LogP contribution in [0.3, 0.4) is 0 Å². The molecule has 0 aliphatic heterocycles. The van der Waals surface area contributed by atoms with Gasteiger partial charge in [-0.25, -0.2) is 8.42 Å². The summed E-state index contributed by atoms with van der Waals surface area (Å²) in [7, 11) is -1.54. The molecular weight excluding hydrogens is 200 g/mol. The number of hydrogen-bond acceptors (Lipinski definition) is 3. The van der Waals surface area contributed by atoms with E-state index < -0.39 is 9.84 Å². The van der Waals surface area contributed by atoms with Crippen LogP contribution in [-0.4, -0.2) is 27.9 Å². The van der Waals surface area contributed by atoms with Crippen molar-refractivity contribution < 1.29 is 13.2 Å². The fourth-order valence-electron chi connectivity index (χ4n) is 1.05. The molecule has 0 aliphatic carbocycles. The summed E-state index contributed by atoms with van der Waals surface area (Å²) in [6, 6.07) is 9.77. The van der Waals surface area contributed by atoms with E-state index in [0.717, 1.165) is 5.56 Å². The third kappa shape index (κ3) is 3.89. The van der Waals surface area contributed by atoms with E-state index in [-0.39, 0.29) is 18.1 Å². The molecule has 1 aromatic rings. The van der Waals surface area contributed by atoms with Gasteiger partial charge < -0.3 is 4.74 Å². The minimum absolute atomic E-state index is 0.0715. The summed E-state index contributed by atoms with van der Waals surface area (Å²) in [6.45, 7) is 0.251. The second-order valence-corrected chi connectivity index (χ2v) is 5.18. The second kappa shape index (κ2) is 5.12. The SMILES string of the molecule is COCCS(=O)(=O)Cc1cc[c]cc1. The number of hydrogen-bond donors (Lipinski definition) is 0. The first-order valence-corrected chi connectivity index (χ1v) is 6.10. The molecule has 0 saturated carbocycles. The molecule has 77 valence electrons. The van der Waals surface area contributed by atoms with Crippen molar-refractivity contribution in [2.75, 3.05) is 19.5 Å². The van der Waals surface area contributed by atoms with Gasteiger partial charge in [0.15, 0.2) is 9.84 Å². The van der Waals surface area contributed by atoms with E-state index in [2.05, 4.69) is 6.07 Å². The van der Waals surface area contributed by atoms with E-state index in [1.807, 2.05) is 0 Å². The number of ether oxygens (including phenoxy) is 1. The van der Waals surface area contributed by atoms with Crippen molar-refractivity contribution in [3.63, 3.8) is 0 Å². The molecule has 0 aromatic heterocycles. The number of methoxy groups -OCH3 is 1. The zero-order valence-corrected chi connectivity index (χ0v) is 8.88. The highest BCUT2D eigenvalue weighted by atomic mass is 32.2. The van der Waals surface area contributed by atoms with Gasteiger partial charge in [-0.05, 0) is 11.6 Å². The van der Waals surface area contributed by atoms with Crippen LogP contribution >= 0.6 is 0 Å². The molecule has 0 heterocycles. The minimum Gasteiger partial charge on any atom is -0.384 e. The van der Waals surface area contributed by atoms with E-state index in [4.69, 9.17) is 4.74 Å². The molecule has 0 fully saturated rings. The van der Waals surface area contributed by atoms with Gasteiger partial charge in [-0.1, -0.05) is 24.3 Å². The lowest BCUT2D eigenvalue weighted by molar-refractivity contribution is 0.217. The Balaban J connectivity index is 2.60. The quantitative estimate of drug-likeness (QED) is 0.734. The molecule has 14 heavy (non-hydrogen) atoms. The van der Waals surface area contributed by atoms with Crippen molar-refractivity contribution in [3.05, 3.63) is 35.9 Å². The molecule has 0 unspecified atom stereocenters. The van der Waals surface area contributed by atoms with Crippen LogP contribution in [0.5, 0.6) is 0 Å². The Hall–Kier alpha value is -0.870. The standard InChI is InChI=1S/C10H13O3S/c1-13-7-8-14(11,12)9-10-5-3-2-4-6-10/h3-6H,7-9H2,1H3. The third-order valence-corrected chi connectivity index (χ3v) is 3.33. The van der Waals surface area contributed by atoms with Gasteiger partial charge in [0, 0.05) is 7.11 Å². The maximum atomic E-state index is 11.5. The van der Waals surface area contributed by atoms with Crippen LogP contribution in [0.15, 0.2) is 24.3 Å². The Morgan fingerprint density at radius 1 is 1.36 bits per heavy atom. The van der Waals surface area contributed by atoms with Crippen molar-refractivity contribution in [2.24, 2.45) is 0 Å². The van der Waals surface area contributed by atoms with E-state index in [1.54, 1.807) is 24.3 Å². The Labute approximate surface area is 84.6 Å². The number of rotatable bonds is 5. The normalized spacial score (nSPS) is 11.5. The van der Waals surface area contributed by atoms with Gasteiger partial charge in [0.1, 0.15) is 0 Å². The van der Waals surface area contributed by atoms with Gasteiger partial charge in [0.25, 0.3) is 0 Å². The van der Waals surface area contributed by atoms with Crippen molar-refractivity contribution in [1.29, 1.82) is 0 Å².